The second kappa shape index (κ2) is 7.47. The van der Waals surface area contributed by atoms with Gasteiger partial charge in [0.15, 0.2) is 0 Å². The molecule has 0 unspecified atom stereocenters. The van der Waals surface area contributed by atoms with Gasteiger partial charge in [-0.05, 0) is 37.1 Å². The zero-order chi connectivity index (χ0) is 17.9. The molecule has 0 radical (unpaired) electrons. The highest BCUT2D eigenvalue weighted by molar-refractivity contribution is 5.98. The van der Waals surface area contributed by atoms with Gasteiger partial charge < -0.3 is 14.9 Å². The molecule has 2 rings (SSSR count). The first-order valence-electron chi connectivity index (χ1n) is 8.22. The number of carbonyl (C=O) groups excluding carboxylic acids is 2. The van der Waals surface area contributed by atoms with Gasteiger partial charge in [0.25, 0.3) is 5.91 Å². The van der Waals surface area contributed by atoms with Gasteiger partial charge in [0.05, 0.1) is 5.56 Å². The van der Waals surface area contributed by atoms with Crippen LogP contribution < -0.4 is 0 Å². The molecule has 0 atom stereocenters. The number of carbonyl (C=O) groups is 3. The van der Waals surface area contributed by atoms with Gasteiger partial charge in [-0.15, -0.1) is 0 Å². The van der Waals surface area contributed by atoms with Crippen molar-refractivity contribution in [1.29, 1.82) is 0 Å². The van der Waals surface area contributed by atoms with Crippen LogP contribution in [0.4, 0.5) is 0 Å². The third-order valence-corrected chi connectivity index (χ3v) is 4.16. The summed E-state index contributed by atoms with van der Waals surface area (Å²) >= 11 is 0. The highest BCUT2D eigenvalue weighted by atomic mass is 16.4. The molecular formula is C18H24N2O4. The first-order valence-corrected chi connectivity index (χ1v) is 8.22. The van der Waals surface area contributed by atoms with Gasteiger partial charge in [0.1, 0.15) is 0 Å². The van der Waals surface area contributed by atoms with Crippen molar-refractivity contribution in [3.05, 3.63) is 34.9 Å². The molecule has 0 aromatic heterocycles. The fraction of sp³-hybridized carbons (Fsp3) is 0.500. The maximum atomic E-state index is 12.7. The molecule has 1 aliphatic rings. The van der Waals surface area contributed by atoms with E-state index in [4.69, 9.17) is 5.11 Å². The van der Waals surface area contributed by atoms with Crippen LogP contribution in [-0.4, -0.2) is 58.9 Å². The number of amides is 2. The maximum Gasteiger partial charge on any atom is 0.335 e. The molecule has 2 amide bonds. The van der Waals surface area contributed by atoms with Crippen LogP contribution in [0.15, 0.2) is 18.2 Å². The molecule has 1 fully saturated rings. The van der Waals surface area contributed by atoms with Crippen molar-refractivity contribution < 1.29 is 19.5 Å². The van der Waals surface area contributed by atoms with Crippen LogP contribution in [0.25, 0.3) is 0 Å². The normalized spacial score (nSPS) is 15.3. The zero-order valence-electron chi connectivity index (χ0n) is 14.4. The fourth-order valence-electron chi connectivity index (χ4n) is 2.92. The number of nitrogens with zero attached hydrogens (tertiary/aromatic N) is 2. The van der Waals surface area contributed by atoms with Crippen LogP contribution in [0, 0.1) is 12.8 Å². The number of hydrogen-bond acceptors (Lipinski definition) is 3. The molecule has 1 heterocycles. The molecule has 1 aliphatic heterocycles. The van der Waals surface area contributed by atoms with Gasteiger partial charge in [-0.25, -0.2) is 4.79 Å². The van der Waals surface area contributed by atoms with E-state index in [0.717, 1.165) is 12.0 Å². The number of carboxylic acids is 1. The van der Waals surface area contributed by atoms with Crippen molar-refractivity contribution in [1.82, 2.24) is 9.80 Å². The summed E-state index contributed by atoms with van der Waals surface area (Å²) in [4.78, 5) is 39.5. The van der Waals surface area contributed by atoms with Crippen molar-refractivity contribution in [2.75, 3.05) is 26.2 Å². The quantitative estimate of drug-likeness (QED) is 0.918. The zero-order valence-corrected chi connectivity index (χ0v) is 14.4. The summed E-state index contributed by atoms with van der Waals surface area (Å²) in [6, 6.07) is 4.67. The van der Waals surface area contributed by atoms with Gasteiger partial charge in [-0.3, -0.25) is 9.59 Å². The highest BCUT2D eigenvalue weighted by Gasteiger charge is 2.24. The average Bonchev–Trinajstić information content (AvgIpc) is 2.78. The molecule has 6 heteroatoms. The molecule has 0 bridgehead atoms. The van der Waals surface area contributed by atoms with Crippen LogP contribution in [0.1, 0.15) is 46.5 Å². The summed E-state index contributed by atoms with van der Waals surface area (Å²) in [7, 11) is 0. The van der Waals surface area contributed by atoms with Crippen LogP contribution in [0.3, 0.4) is 0 Å². The third kappa shape index (κ3) is 4.13. The Morgan fingerprint density at radius 1 is 0.958 bits per heavy atom. The average molecular weight is 332 g/mol. The predicted octanol–water partition coefficient (Wildman–Crippen LogP) is 2.02. The van der Waals surface area contributed by atoms with Gasteiger partial charge in [0.2, 0.25) is 5.91 Å². The van der Waals surface area contributed by atoms with Crippen molar-refractivity contribution in [2.45, 2.75) is 27.2 Å². The lowest BCUT2D eigenvalue weighted by atomic mass is 10.1. The number of hydrogen-bond donors (Lipinski definition) is 1. The molecular weight excluding hydrogens is 308 g/mol. The van der Waals surface area contributed by atoms with Crippen LogP contribution in [0.2, 0.25) is 0 Å². The molecule has 130 valence electrons. The molecule has 1 aromatic carbocycles. The minimum absolute atomic E-state index is 0.0536. The Labute approximate surface area is 142 Å². The van der Waals surface area contributed by atoms with Crippen molar-refractivity contribution >= 4 is 17.8 Å². The Kier molecular flexibility index (Phi) is 5.59. The highest BCUT2D eigenvalue weighted by Crippen LogP contribution is 2.15. The molecule has 0 saturated carbocycles. The molecule has 24 heavy (non-hydrogen) atoms. The second-order valence-electron chi connectivity index (χ2n) is 6.52. The molecule has 1 saturated heterocycles. The van der Waals surface area contributed by atoms with Gasteiger partial charge in [-0.1, -0.05) is 13.8 Å². The Bertz CT molecular complexity index is 654. The number of benzene rings is 1. The fourth-order valence-corrected chi connectivity index (χ4v) is 2.92. The smallest absolute Gasteiger partial charge is 0.335 e. The van der Waals surface area contributed by atoms with Crippen LogP contribution in [0.5, 0.6) is 0 Å². The maximum absolute atomic E-state index is 12.7. The third-order valence-electron chi connectivity index (χ3n) is 4.16. The van der Waals surface area contributed by atoms with E-state index in [1.54, 1.807) is 28.9 Å². The first kappa shape index (κ1) is 18.0. The van der Waals surface area contributed by atoms with Crippen LogP contribution in [-0.2, 0) is 4.79 Å². The van der Waals surface area contributed by atoms with E-state index in [-0.39, 0.29) is 23.3 Å². The minimum Gasteiger partial charge on any atom is -0.478 e. The summed E-state index contributed by atoms with van der Waals surface area (Å²) in [5.74, 6) is -1.17. The SMILES string of the molecule is Cc1cc(C(=O)O)cc(C(=O)N2CCCN(C(=O)C(C)C)CC2)c1. The van der Waals surface area contributed by atoms with E-state index in [9.17, 15) is 14.4 Å². The summed E-state index contributed by atoms with van der Waals surface area (Å²) < 4.78 is 0. The summed E-state index contributed by atoms with van der Waals surface area (Å²) in [6.45, 7) is 7.71. The van der Waals surface area contributed by atoms with Gasteiger partial charge >= 0.3 is 5.97 Å². The second-order valence-corrected chi connectivity index (χ2v) is 6.52. The Morgan fingerprint density at radius 3 is 2.17 bits per heavy atom. The Balaban J connectivity index is 2.13. The first-order chi connectivity index (χ1) is 11.3. The molecule has 0 spiro atoms. The Hall–Kier alpha value is -2.37. The number of carboxylic acid groups (broad SMARTS) is 1. The van der Waals surface area contributed by atoms with E-state index >= 15 is 0 Å². The molecule has 6 nitrogen and oxygen atoms in total. The molecule has 0 aliphatic carbocycles. The lowest BCUT2D eigenvalue weighted by molar-refractivity contribution is -0.134. The van der Waals surface area contributed by atoms with Gasteiger partial charge in [0, 0.05) is 37.7 Å². The topological polar surface area (TPSA) is 77.9 Å². The van der Waals surface area contributed by atoms with Crippen molar-refractivity contribution in [2.24, 2.45) is 5.92 Å². The standard InChI is InChI=1S/C18H24N2O4/c1-12(2)16(21)19-5-4-6-20(8-7-19)17(22)14-9-13(3)10-15(11-14)18(23)24/h9-12H,4-8H2,1-3H3,(H,23,24). The number of aromatic carboxylic acids is 1. The minimum atomic E-state index is -1.04. The lowest BCUT2D eigenvalue weighted by Crippen LogP contribution is -2.39. The van der Waals surface area contributed by atoms with E-state index < -0.39 is 5.97 Å². The monoisotopic (exact) mass is 332 g/mol. The molecule has 1 aromatic rings. The van der Waals surface area contributed by atoms with Crippen molar-refractivity contribution in [3.63, 3.8) is 0 Å². The summed E-state index contributed by atoms with van der Waals surface area (Å²) in [5, 5.41) is 9.15. The van der Waals surface area contributed by atoms with E-state index in [1.165, 1.54) is 6.07 Å². The largest absolute Gasteiger partial charge is 0.478 e. The molecule has 1 N–H and O–H groups in total. The predicted molar refractivity (Wildman–Crippen MR) is 90.1 cm³/mol. The van der Waals surface area contributed by atoms with E-state index in [1.807, 2.05) is 13.8 Å². The lowest BCUT2D eigenvalue weighted by Gasteiger charge is -2.23. The number of rotatable bonds is 3. The van der Waals surface area contributed by atoms with Crippen LogP contribution >= 0.6 is 0 Å². The van der Waals surface area contributed by atoms with E-state index in [0.29, 0.717) is 31.7 Å². The van der Waals surface area contributed by atoms with Gasteiger partial charge in [-0.2, -0.15) is 0 Å². The number of aryl methyl sites for hydroxylation is 1. The summed E-state index contributed by atoms with van der Waals surface area (Å²) in [5.41, 5.74) is 1.24. The summed E-state index contributed by atoms with van der Waals surface area (Å²) in [6.07, 6.45) is 0.724. The van der Waals surface area contributed by atoms with E-state index in [2.05, 4.69) is 0 Å². The van der Waals surface area contributed by atoms with Crippen molar-refractivity contribution in [3.8, 4) is 0 Å². The Morgan fingerprint density at radius 2 is 1.54 bits per heavy atom.